The van der Waals surface area contributed by atoms with Gasteiger partial charge in [0, 0.05) is 17.6 Å². The first-order valence-corrected chi connectivity index (χ1v) is 10.4. The van der Waals surface area contributed by atoms with E-state index in [1.807, 2.05) is 26.0 Å². The van der Waals surface area contributed by atoms with Gasteiger partial charge >= 0.3 is 0 Å². The van der Waals surface area contributed by atoms with Crippen LogP contribution in [-0.2, 0) is 4.79 Å². The Morgan fingerprint density at radius 3 is 2.52 bits per heavy atom. The van der Waals surface area contributed by atoms with Crippen molar-refractivity contribution in [1.29, 1.82) is 0 Å². The van der Waals surface area contributed by atoms with Gasteiger partial charge in [-0.2, -0.15) is 0 Å². The molecule has 152 valence electrons. The molecule has 6 nitrogen and oxygen atoms in total. The topological polar surface area (TPSA) is 68.5 Å². The number of aryl methyl sites for hydroxylation is 2. The van der Waals surface area contributed by atoms with Gasteiger partial charge < -0.3 is 14.1 Å². The van der Waals surface area contributed by atoms with Crippen molar-refractivity contribution in [2.45, 2.75) is 19.1 Å². The molecular weight excluding hydrogens is 410 g/mol. The minimum absolute atomic E-state index is 0.0368. The summed E-state index contributed by atoms with van der Waals surface area (Å²) in [6, 6.07) is 13.2. The second kappa shape index (κ2) is 9.80. The number of thioether (sulfide) groups is 1. The molecule has 1 amide bonds. The zero-order valence-corrected chi connectivity index (χ0v) is 18.1. The summed E-state index contributed by atoms with van der Waals surface area (Å²) in [5, 5.41) is 8.98. The molecule has 0 fully saturated rings. The number of ether oxygens (including phenoxy) is 1. The number of hydrogen-bond donors (Lipinski definition) is 0. The Kier molecular flexibility index (Phi) is 7.17. The van der Waals surface area contributed by atoms with Crippen LogP contribution in [0.25, 0.3) is 11.5 Å². The summed E-state index contributed by atoms with van der Waals surface area (Å²) >= 11 is 7.09. The van der Waals surface area contributed by atoms with Gasteiger partial charge in [-0.25, -0.2) is 0 Å². The van der Waals surface area contributed by atoms with E-state index < -0.39 is 0 Å². The average molecular weight is 432 g/mol. The lowest BCUT2D eigenvalue weighted by Crippen LogP contribution is -2.32. The van der Waals surface area contributed by atoms with E-state index in [1.165, 1.54) is 11.8 Å². The van der Waals surface area contributed by atoms with Crippen LogP contribution in [0.1, 0.15) is 11.1 Å². The molecule has 2 aromatic carbocycles. The van der Waals surface area contributed by atoms with Gasteiger partial charge in [0.05, 0.1) is 12.3 Å². The standard InChI is InChI=1S/C21H22ClN3O3S/c1-14-10-15(2)12-18(11-14)27-9-8-25(3)19(26)13-29-21-24-23-20(28-21)16-4-6-17(22)7-5-16/h4-7,10-12H,8-9,13H2,1-3H3. The van der Waals surface area contributed by atoms with E-state index in [0.717, 1.165) is 22.4 Å². The Bertz CT molecular complexity index is 955. The van der Waals surface area contributed by atoms with Crippen LogP contribution in [-0.4, -0.2) is 47.0 Å². The quantitative estimate of drug-likeness (QED) is 0.484. The molecule has 0 N–H and O–H groups in total. The molecular formula is C21H22ClN3O3S. The highest BCUT2D eigenvalue weighted by Gasteiger charge is 2.14. The fourth-order valence-electron chi connectivity index (χ4n) is 2.65. The Balaban J connectivity index is 1.44. The van der Waals surface area contributed by atoms with Crippen LogP contribution in [0.3, 0.4) is 0 Å². The van der Waals surface area contributed by atoms with Crippen LogP contribution >= 0.6 is 23.4 Å². The van der Waals surface area contributed by atoms with Crippen LogP contribution < -0.4 is 4.74 Å². The Morgan fingerprint density at radius 2 is 1.83 bits per heavy atom. The first kappa shape index (κ1) is 21.2. The predicted octanol–water partition coefficient (Wildman–Crippen LogP) is 4.64. The molecule has 0 spiro atoms. The molecule has 0 bridgehead atoms. The zero-order chi connectivity index (χ0) is 20.8. The molecule has 3 rings (SSSR count). The number of amides is 1. The van der Waals surface area contributed by atoms with E-state index in [-0.39, 0.29) is 11.7 Å². The molecule has 0 aliphatic rings. The molecule has 0 unspecified atom stereocenters. The maximum atomic E-state index is 12.3. The van der Waals surface area contributed by atoms with Gasteiger partial charge in [0.1, 0.15) is 12.4 Å². The highest BCUT2D eigenvalue weighted by atomic mass is 35.5. The highest BCUT2D eigenvalue weighted by molar-refractivity contribution is 7.99. The Labute approximate surface area is 179 Å². The maximum absolute atomic E-state index is 12.3. The second-order valence-electron chi connectivity index (χ2n) is 6.66. The van der Waals surface area contributed by atoms with Gasteiger partial charge in [-0.1, -0.05) is 29.4 Å². The summed E-state index contributed by atoms with van der Waals surface area (Å²) in [7, 11) is 1.75. The van der Waals surface area contributed by atoms with E-state index >= 15 is 0 Å². The minimum Gasteiger partial charge on any atom is -0.492 e. The SMILES string of the molecule is Cc1cc(C)cc(OCCN(C)C(=O)CSc2nnc(-c3ccc(Cl)cc3)o2)c1. The van der Waals surface area contributed by atoms with Crippen molar-refractivity contribution in [2.75, 3.05) is 26.0 Å². The number of benzene rings is 2. The van der Waals surface area contributed by atoms with Crippen LogP contribution in [0.15, 0.2) is 52.1 Å². The summed E-state index contributed by atoms with van der Waals surface area (Å²) in [4.78, 5) is 14.0. The van der Waals surface area contributed by atoms with Gasteiger partial charge in [-0.05, 0) is 61.4 Å². The van der Waals surface area contributed by atoms with Crippen LogP contribution in [0.4, 0.5) is 0 Å². The smallest absolute Gasteiger partial charge is 0.277 e. The Hall–Kier alpha value is -2.51. The number of likely N-dealkylation sites (N-methyl/N-ethyl adjacent to an activating group) is 1. The largest absolute Gasteiger partial charge is 0.492 e. The van der Waals surface area contributed by atoms with Crippen LogP contribution in [0, 0.1) is 13.8 Å². The molecule has 0 radical (unpaired) electrons. The summed E-state index contributed by atoms with van der Waals surface area (Å²) < 4.78 is 11.4. The molecule has 0 aliphatic carbocycles. The normalized spacial score (nSPS) is 10.8. The van der Waals surface area contributed by atoms with Crippen molar-refractivity contribution in [3.63, 3.8) is 0 Å². The lowest BCUT2D eigenvalue weighted by molar-refractivity contribution is -0.127. The number of nitrogens with zero attached hydrogens (tertiary/aromatic N) is 3. The fraction of sp³-hybridized carbons (Fsp3) is 0.286. The van der Waals surface area contributed by atoms with E-state index in [0.29, 0.717) is 29.3 Å². The van der Waals surface area contributed by atoms with Gasteiger partial charge in [-0.3, -0.25) is 4.79 Å². The molecule has 1 aromatic heterocycles. The predicted molar refractivity (Wildman–Crippen MR) is 115 cm³/mol. The first-order valence-electron chi connectivity index (χ1n) is 9.08. The van der Waals surface area contributed by atoms with Crippen molar-refractivity contribution < 1.29 is 13.9 Å². The minimum atomic E-state index is -0.0368. The number of carbonyl (C=O) groups is 1. The highest BCUT2D eigenvalue weighted by Crippen LogP contribution is 2.24. The number of rotatable bonds is 8. The van der Waals surface area contributed by atoms with E-state index in [1.54, 1.807) is 36.2 Å². The lowest BCUT2D eigenvalue weighted by Gasteiger charge is -2.17. The van der Waals surface area contributed by atoms with Gasteiger partial charge in [0.2, 0.25) is 11.8 Å². The third-order valence-corrected chi connectivity index (χ3v) is 5.19. The molecule has 0 atom stereocenters. The molecule has 3 aromatic rings. The summed E-state index contributed by atoms with van der Waals surface area (Å²) in [5.41, 5.74) is 3.08. The van der Waals surface area contributed by atoms with Crippen molar-refractivity contribution >= 4 is 29.3 Å². The van der Waals surface area contributed by atoms with Crippen molar-refractivity contribution in [2.24, 2.45) is 0 Å². The Morgan fingerprint density at radius 1 is 1.14 bits per heavy atom. The zero-order valence-electron chi connectivity index (χ0n) is 16.5. The average Bonchev–Trinajstić information content (AvgIpc) is 3.15. The number of aromatic nitrogens is 2. The van der Waals surface area contributed by atoms with Crippen molar-refractivity contribution in [3.05, 3.63) is 58.6 Å². The fourth-order valence-corrected chi connectivity index (χ4v) is 3.48. The summed E-state index contributed by atoms with van der Waals surface area (Å²) in [5.74, 6) is 1.39. The van der Waals surface area contributed by atoms with Gasteiger partial charge in [-0.15, -0.1) is 10.2 Å². The lowest BCUT2D eigenvalue weighted by atomic mass is 10.1. The first-order chi connectivity index (χ1) is 13.9. The summed E-state index contributed by atoms with van der Waals surface area (Å²) in [6.07, 6.45) is 0. The van der Waals surface area contributed by atoms with Gasteiger partial charge in [0.25, 0.3) is 5.22 Å². The number of carbonyl (C=O) groups excluding carboxylic acids is 1. The van der Waals surface area contributed by atoms with E-state index in [2.05, 4.69) is 16.3 Å². The molecule has 0 saturated carbocycles. The van der Waals surface area contributed by atoms with Crippen LogP contribution in [0.2, 0.25) is 5.02 Å². The molecule has 8 heteroatoms. The maximum Gasteiger partial charge on any atom is 0.277 e. The number of hydrogen-bond acceptors (Lipinski definition) is 6. The van der Waals surface area contributed by atoms with Crippen LogP contribution in [0.5, 0.6) is 5.75 Å². The molecule has 0 saturated heterocycles. The van der Waals surface area contributed by atoms with Crippen molar-refractivity contribution in [3.8, 4) is 17.2 Å². The molecule has 29 heavy (non-hydrogen) atoms. The molecule has 0 aliphatic heterocycles. The van der Waals surface area contributed by atoms with Gasteiger partial charge in [0.15, 0.2) is 0 Å². The molecule has 1 heterocycles. The third kappa shape index (κ3) is 6.24. The summed E-state index contributed by atoms with van der Waals surface area (Å²) in [6.45, 7) is 4.98. The van der Waals surface area contributed by atoms with E-state index in [9.17, 15) is 4.79 Å². The van der Waals surface area contributed by atoms with Crippen molar-refractivity contribution in [1.82, 2.24) is 15.1 Å². The second-order valence-corrected chi connectivity index (χ2v) is 8.02. The number of halogens is 1. The third-order valence-electron chi connectivity index (χ3n) is 4.13. The van der Waals surface area contributed by atoms with E-state index in [4.69, 9.17) is 20.8 Å². The monoisotopic (exact) mass is 431 g/mol.